The SMILES string of the molecule is COCCN1C(=O)N[C@](Cc2cccc(OC)c2)(C2CCN(Cc3ccccc3F)CC2)C1=O. The van der Waals surface area contributed by atoms with Crippen LogP contribution in [0.3, 0.4) is 0 Å². The van der Waals surface area contributed by atoms with Gasteiger partial charge in [-0.3, -0.25) is 14.6 Å². The minimum absolute atomic E-state index is 0.0421. The van der Waals surface area contributed by atoms with Gasteiger partial charge in [0.05, 0.1) is 20.3 Å². The summed E-state index contributed by atoms with van der Waals surface area (Å²) in [5.41, 5.74) is 0.569. The Hall–Kier alpha value is -2.97. The first-order valence-corrected chi connectivity index (χ1v) is 11.7. The number of imide groups is 1. The van der Waals surface area contributed by atoms with Gasteiger partial charge in [0.2, 0.25) is 0 Å². The summed E-state index contributed by atoms with van der Waals surface area (Å²) >= 11 is 0. The molecule has 7 nitrogen and oxygen atoms in total. The summed E-state index contributed by atoms with van der Waals surface area (Å²) in [6, 6.07) is 14.1. The Morgan fingerprint density at radius 2 is 1.85 bits per heavy atom. The molecular weight excluding hydrogens is 437 g/mol. The van der Waals surface area contributed by atoms with Crippen LogP contribution in [0.1, 0.15) is 24.0 Å². The maximum absolute atomic E-state index is 14.1. The predicted octanol–water partition coefficient (Wildman–Crippen LogP) is 3.23. The highest BCUT2D eigenvalue weighted by atomic mass is 19.1. The first-order chi connectivity index (χ1) is 16.5. The van der Waals surface area contributed by atoms with Gasteiger partial charge in [0.15, 0.2) is 0 Å². The molecular formula is C26H32FN3O4. The number of halogens is 1. The highest BCUT2D eigenvalue weighted by molar-refractivity contribution is 6.07. The molecule has 2 aliphatic heterocycles. The van der Waals surface area contributed by atoms with E-state index in [0.717, 1.165) is 31.5 Å². The summed E-state index contributed by atoms with van der Waals surface area (Å²) < 4.78 is 24.6. The van der Waals surface area contributed by atoms with Gasteiger partial charge in [0.1, 0.15) is 17.1 Å². The van der Waals surface area contributed by atoms with E-state index in [1.54, 1.807) is 26.4 Å². The van der Waals surface area contributed by atoms with Crippen molar-refractivity contribution < 1.29 is 23.5 Å². The lowest BCUT2D eigenvalue weighted by atomic mass is 9.74. The van der Waals surface area contributed by atoms with Gasteiger partial charge in [-0.05, 0) is 55.6 Å². The summed E-state index contributed by atoms with van der Waals surface area (Å²) in [6.07, 6.45) is 1.83. The number of nitrogens with one attached hydrogen (secondary N) is 1. The second kappa shape index (κ2) is 10.5. The van der Waals surface area contributed by atoms with Crippen molar-refractivity contribution in [3.05, 3.63) is 65.5 Å². The fourth-order valence-corrected chi connectivity index (χ4v) is 5.13. The van der Waals surface area contributed by atoms with E-state index in [-0.39, 0.29) is 36.8 Å². The van der Waals surface area contributed by atoms with Crippen molar-refractivity contribution in [3.8, 4) is 5.75 Å². The molecule has 0 radical (unpaired) electrons. The number of piperidine rings is 1. The van der Waals surface area contributed by atoms with Crippen LogP contribution in [0.2, 0.25) is 0 Å². The fourth-order valence-electron chi connectivity index (χ4n) is 5.13. The van der Waals surface area contributed by atoms with Gasteiger partial charge >= 0.3 is 6.03 Å². The van der Waals surface area contributed by atoms with Crippen molar-refractivity contribution in [1.29, 1.82) is 0 Å². The van der Waals surface area contributed by atoms with Crippen molar-refractivity contribution in [3.63, 3.8) is 0 Å². The highest BCUT2D eigenvalue weighted by Crippen LogP contribution is 2.37. The summed E-state index contributed by atoms with van der Waals surface area (Å²) in [4.78, 5) is 30.1. The molecule has 8 heteroatoms. The maximum atomic E-state index is 14.1. The minimum atomic E-state index is -1.03. The van der Waals surface area contributed by atoms with E-state index in [0.29, 0.717) is 24.3 Å². The molecule has 1 N–H and O–H groups in total. The Kier molecular flexibility index (Phi) is 7.48. The maximum Gasteiger partial charge on any atom is 0.325 e. The smallest absolute Gasteiger partial charge is 0.325 e. The molecule has 3 amide bonds. The number of hydrogen-bond acceptors (Lipinski definition) is 5. The first-order valence-electron chi connectivity index (χ1n) is 11.7. The third-order valence-corrected chi connectivity index (χ3v) is 6.97. The van der Waals surface area contributed by atoms with Gasteiger partial charge in [-0.2, -0.15) is 0 Å². The molecule has 2 aliphatic rings. The number of methoxy groups -OCH3 is 2. The monoisotopic (exact) mass is 469 g/mol. The number of rotatable bonds is 9. The van der Waals surface area contributed by atoms with E-state index in [4.69, 9.17) is 9.47 Å². The number of nitrogens with zero attached hydrogens (tertiary/aromatic N) is 2. The Morgan fingerprint density at radius 1 is 1.09 bits per heavy atom. The fraction of sp³-hybridized carbons (Fsp3) is 0.462. The van der Waals surface area contributed by atoms with Crippen molar-refractivity contribution >= 4 is 11.9 Å². The van der Waals surface area contributed by atoms with E-state index in [1.807, 2.05) is 30.3 Å². The van der Waals surface area contributed by atoms with Crippen molar-refractivity contribution in [1.82, 2.24) is 15.1 Å². The van der Waals surface area contributed by atoms with Gasteiger partial charge in [-0.1, -0.05) is 30.3 Å². The number of carbonyl (C=O) groups is 2. The lowest BCUT2D eigenvalue weighted by Crippen LogP contribution is -2.57. The zero-order valence-corrected chi connectivity index (χ0v) is 19.8. The molecule has 34 heavy (non-hydrogen) atoms. The number of benzene rings is 2. The van der Waals surface area contributed by atoms with Crippen molar-refractivity contribution in [2.24, 2.45) is 5.92 Å². The molecule has 2 fully saturated rings. The van der Waals surface area contributed by atoms with Crippen LogP contribution in [-0.4, -0.2) is 67.7 Å². The largest absolute Gasteiger partial charge is 0.497 e. The van der Waals surface area contributed by atoms with Crippen molar-refractivity contribution in [2.45, 2.75) is 31.3 Å². The number of urea groups is 1. The molecule has 2 saturated heterocycles. The van der Waals surface area contributed by atoms with E-state index in [2.05, 4.69) is 10.2 Å². The number of likely N-dealkylation sites (tertiary alicyclic amines) is 1. The summed E-state index contributed by atoms with van der Waals surface area (Å²) in [7, 11) is 3.16. The second-order valence-corrected chi connectivity index (χ2v) is 9.02. The average Bonchev–Trinajstić information content (AvgIpc) is 3.09. The number of ether oxygens (including phenoxy) is 2. The van der Waals surface area contributed by atoms with Crippen LogP contribution in [0, 0.1) is 11.7 Å². The van der Waals surface area contributed by atoms with Crippen LogP contribution in [0.5, 0.6) is 5.75 Å². The van der Waals surface area contributed by atoms with Gasteiger partial charge < -0.3 is 14.8 Å². The van der Waals surface area contributed by atoms with Crippen LogP contribution in [0.25, 0.3) is 0 Å². The Bertz CT molecular complexity index is 1020. The molecule has 1 atom stereocenters. The van der Waals surface area contributed by atoms with Crippen LogP contribution in [0.4, 0.5) is 9.18 Å². The van der Waals surface area contributed by atoms with Crippen molar-refractivity contribution in [2.75, 3.05) is 40.5 Å². The number of amides is 3. The third-order valence-electron chi connectivity index (χ3n) is 6.97. The van der Waals surface area contributed by atoms with Crippen LogP contribution in [-0.2, 0) is 22.5 Å². The molecule has 4 rings (SSSR count). The summed E-state index contributed by atoms with van der Waals surface area (Å²) in [6.45, 7) is 2.48. The van der Waals surface area contributed by atoms with Gasteiger partial charge in [0, 0.05) is 25.6 Å². The predicted molar refractivity (Wildman–Crippen MR) is 126 cm³/mol. The van der Waals surface area contributed by atoms with Crippen LogP contribution in [0.15, 0.2) is 48.5 Å². The van der Waals surface area contributed by atoms with Gasteiger partial charge in [-0.25, -0.2) is 9.18 Å². The van der Waals surface area contributed by atoms with E-state index in [9.17, 15) is 14.0 Å². The molecule has 2 heterocycles. The average molecular weight is 470 g/mol. The molecule has 182 valence electrons. The van der Waals surface area contributed by atoms with E-state index < -0.39 is 5.54 Å². The quantitative estimate of drug-likeness (QED) is 0.571. The number of hydrogen-bond donors (Lipinski definition) is 1. The molecule has 0 unspecified atom stereocenters. The highest BCUT2D eigenvalue weighted by Gasteiger charge is 2.55. The molecule has 0 bridgehead atoms. The Balaban J connectivity index is 1.55. The van der Waals surface area contributed by atoms with E-state index >= 15 is 0 Å². The molecule has 2 aromatic rings. The number of carbonyl (C=O) groups excluding carboxylic acids is 2. The normalized spacial score (nSPS) is 21.7. The molecule has 0 aromatic heterocycles. The van der Waals surface area contributed by atoms with Gasteiger partial charge in [-0.15, -0.1) is 0 Å². The van der Waals surface area contributed by atoms with Crippen LogP contribution >= 0.6 is 0 Å². The molecule has 2 aromatic carbocycles. The van der Waals surface area contributed by atoms with Gasteiger partial charge in [0.25, 0.3) is 5.91 Å². The molecule has 0 spiro atoms. The minimum Gasteiger partial charge on any atom is -0.497 e. The molecule has 0 aliphatic carbocycles. The van der Waals surface area contributed by atoms with Crippen LogP contribution < -0.4 is 10.1 Å². The summed E-state index contributed by atoms with van der Waals surface area (Å²) in [5.74, 6) is 0.260. The zero-order valence-electron chi connectivity index (χ0n) is 19.8. The van der Waals surface area contributed by atoms with E-state index in [1.165, 1.54) is 11.0 Å². The second-order valence-electron chi connectivity index (χ2n) is 9.02. The zero-order chi connectivity index (χ0) is 24.1. The standard InChI is InChI=1S/C26H32FN3O4/c1-33-15-14-30-24(31)26(28-25(30)32,17-19-6-5-8-22(16-19)34-2)21-10-12-29(13-11-21)18-20-7-3-4-9-23(20)27/h3-9,16,21H,10-15,17-18H2,1-2H3,(H,28,32)/t26-/m1/s1. The lowest BCUT2D eigenvalue weighted by Gasteiger charge is -2.41. The Labute approximate surface area is 199 Å². The summed E-state index contributed by atoms with van der Waals surface area (Å²) in [5, 5.41) is 3.07. The Morgan fingerprint density at radius 3 is 2.56 bits per heavy atom. The lowest BCUT2D eigenvalue weighted by molar-refractivity contribution is -0.134. The topological polar surface area (TPSA) is 71.1 Å². The first kappa shape index (κ1) is 24.2. The third kappa shape index (κ3) is 4.93. The molecule has 0 saturated carbocycles.